The van der Waals surface area contributed by atoms with Crippen molar-refractivity contribution in [3.63, 3.8) is 0 Å². The number of benzene rings is 1. The van der Waals surface area contributed by atoms with Gasteiger partial charge in [-0.2, -0.15) is 0 Å². The summed E-state index contributed by atoms with van der Waals surface area (Å²) in [6.45, 7) is 0.343. The normalized spacial score (nSPS) is 10.1. The monoisotopic (exact) mass is 278 g/mol. The van der Waals surface area contributed by atoms with Crippen molar-refractivity contribution in [1.29, 1.82) is 0 Å². The summed E-state index contributed by atoms with van der Waals surface area (Å²) in [5.74, 6) is 1.37. The summed E-state index contributed by atoms with van der Waals surface area (Å²) in [5.41, 5.74) is 6.45. The minimum atomic E-state index is 0.343. The van der Waals surface area contributed by atoms with E-state index in [2.05, 4.69) is 31.2 Å². The fourth-order valence-electron chi connectivity index (χ4n) is 1.25. The average molecular weight is 279 g/mol. The number of anilines is 2. The third-order valence-electron chi connectivity index (χ3n) is 2.00. The largest absolute Gasteiger partial charge is 0.340 e. The van der Waals surface area contributed by atoms with Crippen LogP contribution in [0.3, 0.4) is 0 Å². The van der Waals surface area contributed by atoms with Crippen LogP contribution < -0.4 is 11.1 Å². The molecule has 16 heavy (non-hydrogen) atoms. The summed E-state index contributed by atoms with van der Waals surface area (Å²) < 4.78 is 1.04. The second kappa shape index (κ2) is 5.05. The summed E-state index contributed by atoms with van der Waals surface area (Å²) in [6, 6.07) is 9.67. The Morgan fingerprint density at radius 3 is 2.62 bits per heavy atom. The van der Waals surface area contributed by atoms with E-state index in [0.29, 0.717) is 12.4 Å². The molecule has 2 aromatic rings. The zero-order valence-corrected chi connectivity index (χ0v) is 10.1. The minimum absolute atomic E-state index is 0.343. The van der Waals surface area contributed by atoms with Crippen LogP contribution in [-0.2, 0) is 6.54 Å². The van der Waals surface area contributed by atoms with E-state index in [1.165, 1.54) is 0 Å². The van der Waals surface area contributed by atoms with Gasteiger partial charge >= 0.3 is 0 Å². The van der Waals surface area contributed by atoms with Crippen molar-refractivity contribution < 1.29 is 0 Å². The maximum absolute atomic E-state index is 5.47. The third kappa shape index (κ3) is 2.77. The van der Waals surface area contributed by atoms with Crippen molar-refractivity contribution in [2.45, 2.75) is 6.54 Å². The first-order chi connectivity index (χ1) is 7.78. The molecule has 0 fully saturated rings. The van der Waals surface area contributed by atoms with Crippen LogP contribution in [0.15, 0.2) is 41.0 Å². The molecule has 0 atom stereocenters. The van der Waals surface area contributed by atoms with Crippen molar-refractivity contribution in [1.82, 2.24) is 9.97 Å². The Bertz CT molecular complexity index is 470. The minimum Gasteiger partial charge on any atom is -0.340 e. The number of halogens is 1. The Kier molecular flexibility index (Phi) is 3.48. The molecule has 0 saturated carbocycles. The molecule has 0 amide bonds. The molecule has 3 N–H and O–H groups in total. The van der Waals surface area contributed by atoms with E-state index in [-0.39, 0.29) is 0 Å². The fourth-order valence-corrected chi connectivity index (χ4v) is 1.51. The Balaban J connectivity index is 2.16. The highest BCUT2D eigenvalue weighted by atomic mass is 79.9. The van der Waals surface area contributed by atoms with Crippen LogP contribution in [0.25, 0.3) is 0 Å². The molecule has 1 heterocycles. The number of aromatic nitrogens is 2. The summed E-state index contributed by atoms with van der Waals surface area (Å²) in [4.78, 5) is 8.28. The predicted molar refractivity (Wildman–Crippen MR) is 67.3 cm³/mol. The molecule has 0 unspecified atom stereocenters. The fraction of sp³-hybridized carbons (Fsp3) is 0.0909. The van der Waals surface area contributed by atoms with E-state index in [0.717, 1.165) is 16.0 Å². The summed E-state index contributed by atoms with van der Waals surface area (Å²) in [5, 5.41) is 3.18. The molecule has 0 bridgehead atoms. The van der Waals surface area contributed by atoms with Gasteiger partial charge in [-0.25, -0.2) is 9.97 Å². The SMILES string of the molecule is NCc1nccc(Nc2ccc(Br)cc2)n1. The van der Waals surface area contributed by atoms with Gasteiger partial charge in [0.2, 0.25) is 0 Å². The van der Waals surface area contributed by atoms with E-state index in [9.17, 15) is 0 Å². The Labute approximate surface area is 102 Å². The van der Waals surface area contributed by atoms with E-state index in [1.807, 2.05) is 24.3 Å². The smallest absolute Gasteiger partial charge is 0.144 e. The lowest BCUT2D eigenvalue weighted by Gasteiger charge is -2.06. The molecule has 82 valence electrons. The van der Waals surface area contributed by atoms with Crippen LogP contribution in [0.2, 0.25) is 0 Å². The quantitative estimate of drug-likeness (QED) is 0.905. The Morgan fingerprint density at radius 2 is 1.94 bits per heavy atom. The van der Waals surface area contributed by atoms with Gasteiger partial charge in [0, 0.05) is 16.4 Å². The zero-order valence-electron chi connectivity index (χ0n) is 8.52. The number of hydrogen-bond donors (Lipinski definition) is 2. The van der Waals surface area contributed by atoms with Gasteiger partial charge in [0.25, 0.3) is 0 Å². The average Bonchev–Trinajstić information content (AvgIpc) is 2.32. The second-order valence-corrected chi connectivity index (χ2v) is 4.11. The standard InChI is InChI=1S/C11H11BrN4/c12-8-1-3-9(4-2-8)15-10-5-6-14-11(7-13)16-10/h1-6H,7,13H2,(H,14,15,16). The van der Waals surface area contributed by atoms with E-state index < -0.39 is 0 Å². The van der Waals surface area contributed by atoms with E-state index in [1.54, 1.807) is 12.3 Å². The molecule has 2 rings (SSSR count). The van der Waals surface area contributed by atoms with Gasteiger partial charge in [-0.15, -0.1) is 0 Å². The summed E-state index contributed by atoms with van der Waals surface area (Å²) >= 11 is 3.38. The molecule has 4 nitrogen and oxygen atoms in total. The Hall–Kier alpha value is -1.46. The van der Waals surface area contributed by atoms with Gasteiger partial charge in [-0.1, -0.05) is 15.9 Å². The highest BCUT2D eigenvalue weighted by molar-refractivity contribution is 9.10. The van der Waals surface area contributed by atoms with Crippen LogP contribution in [0.1, 0.15) is 5.82 Å². The highest BCUT2D eigenvalue weighted by Crippen LogP contribution is 2.17. The van der Waals surface area contributed by atoms with Crippen LogP contribution >= 0.6 is 15.9 Å². The van der Waals surface area contributed by atoms with E-state index >= 15 is 0 Å². The topological polar surface area (TPSA) is 63.8 Å². The molecule has 1 aromatic carbocycles. The third-order valence-corrected chi connectivity index (χ3v) is 2.53. The van der Waals surface area contributed by atoms with Crippen LogP contribution in [-0.4, -0.2) is 9.97 Å². The molecule has 0 saturated heterocycles. The molecule has 0 aliphatic rings. The lowest BCUT2D eigenvalue weighted by molar-refractivity contribution is 0.912. The first-order valence-electron chi connectivity index (χ1n) is 4.82. The number of nitrogens with two attached hydrogens (primary N) is 1. The molecule has 0 aliphatic carbocycles. The molecular formula is C11H11BrN4. The van der Waals surface area contributed by atoms with Crippen LogP contribution in [0, 0.1) is 0 Å². The molecule has 0 aliphatic heterocycles. The molecule has 5 heteroatoms. The lowest BCUT2D eigenvalue weighted by atomic mass is 10.3. The van der Waals surface area contributed by atoms with Crippen molar-refractivity contribution in [2.24, 2.45) is 5.73 Å². The van der Waals surface area contributed by atoms with Crippen molar-refractivity contribution in [3.8, 4) is 0 Å². The van der Waals surface area contributed by atoms with Crippen LogP contribution in [0.4, 0.5) is 11.5 Å². The van der Waals surface area contributed by atoms with Crippen molar-refractivity contribution >= 4 is 27.4 Å². The molecule has 0 spiro atoms. The number of nitrogens with zero attached hydrogens (tertiary/aromatic N) is 2. The van der Waals surface area contributed by atoms with Crippen molar-refractivity contribution in [3.05, 3.63) is 46.8 Å². The maximum Gasteiger partial charge on any atom is 0.144 e. The number of nitrogens with one attached hydrogen (secondary N) is 1. The summed E-state index contributed by atoms with van der Waals surface area (Å²) in [6.07, 6.45) is 1.69. The highest BCUT2D eigenvalue weighted by Gasteiger charge is 1.98. The zero-order chi connectivity index (χ0) is 11.4. The van der Waals surface area contributed by atoms with E-state index in [4.69, 9.17) is 5.73 Å². The van der Waals surface area contributed by atoms with Gasteiger partial charge in [-0.05, 0) is 30.3 Å². The number of hydrogen-bond acceptors (Lipinski definition) is 4. The lowest BCUT2D eigenvalue weighted by Crippen LogP contribution is -2.04. The maximum atomic E-state index is 5.47. The molecular weight excluding hydrogens is 268 g/mol. The summed E-state index contributed by atoms with van der Waals surface area (Å²) in [7, 11) is 0. The first-order valence-corrected chi connectivity index (χ1v) is 5.62. The van der Waals surface area contributed by atoms with Crippen molar-refractivity contribution in [2.75, 3.05) is 5.32 Å². The van der Waals surface area contributed by atoms with Gasteiger partial charge in [0.15, 0.2) is 0 Å². The second-order valence-electron chi connectivity index (χ2n) is 3.19. The van der Waals surface area contributed by atoms with Gasteiger partial charge in [0.1, 0.15) is 11.6 Å². The van der Waals surface area contributed by atoms with Gasteiger partial charge < -0.3 is 11.1 Å². The van der Waals surface area contributed by atoms with Gasteiger partial charge in [-0.3, -0.25) is 0 Å². The molecule has 0 radical (unpaired) electrons. The Morgan fingerprint density at radius 1 is 1.19 bits per heavy atom. The van der Waals surface area contributed by atoms with Gasteiger partial charge in [0.05, 0.1) is 6.54 Å². The van der Waals surface area contributed by atoms with Crippen LogP contribution in [0.5, 0.6) is 0 Å². The first kappa shape index (κ1) is 11.0. The predicted octanol–water partition coefficient (Wildman–Crippen LogP) is 2.44. The molecule has 1 aromatic heterocycles. The number of rotatable bonds is 3.